The van der Waals surface area contributed by atoms with E-state index < -0.39 is 0 Å². The minimum Gasteiger partial charge on any atom is -0.506 e. The Bertz CT molecular complexity index is 644. The van der Waals surface area contributed by atoms with Gasteiger partial charge in [0.2, 0.25) is 0 Å². The molecule has 1 N–H and O–H groups in total. The standard InChI is InChI=1S/C13H9Br2NO2S2/c1-2-3-16-12(18)10(20-13(16)19)5-7-4-8(14)6-9(15)11(7)17/h2,4-6,17H,1,3H2/b10-5-. The third kappa shape index (κ3) is 3.16. The van der Waals surface area contributed by atoms with Crippen LogP contribution >= 0.6 is 55.8 Å². The van der Waals surface area contributed by atoms with Gasteiger partial charge in [0.25, 0.3) is 5.91 Å². The van der Waals surface area contributed by atoms with Gasteiger partial charge in [-0.2, -0.15) is 0 Å². The molecule has 104 valence electrons. The smallest absolute Gasteiger partial charge is 0.266 e. The second-order valence-corrected chi connectivity index (χ2v) is 7.35. The van der Waals surface area contributed by atoms with E-state index in [9.17, 15) is 9.90 Å². The molecule has 1 aromatic rings. The first-order valence-corrected chi connectivity index (χ1v) is 8.29. The van der Waals surface area contributed by atoms with Crippen molar-refractivity contribution in [1.29, 1.82) is 0 Å². The Kier molecular flexibility index (Phi) is 5.06. The number of halogens is 2. The normalized spacial score (nSPS) is 17.1. The van der Waals surface area contributed by atoms with Crippen LogP contribution in [-0.4, -0.2) is 26.8 Å². The lowest BCUT2D eigenvalue weighted by molar-refractivity contribution is -0.121. The van der Waals surface area contributed by atoms with E-state index in [4.69, 9.17) is 12.2 Å². The molecule has 0 aromatic heterocycles. The van der Waals surface area contributed by atoms with Crippen LogP contribution in [0.2, 0.25) is 0 Å². The molecule has 0 atom stereocenters. The number of phenols is 1. The molecule has 2 rings (SSSR count). The molecule has 0 saturated carbocycles. The fourth-order valence-electron chi connectivity index (χ4n) is 1.62. The SMILES string of the molecule is C=CCN1C(=O)/C(=C/c2cc(Br)cc(Br)c2O)SC1=S. The molecule has 7 heteroatoms. The van der Waals surface area contributed by atoms with Crippen molar-refractivity contribution in [3.8, 4) is 5.75 Å². The van der Waals surface area contributed by atoms with Gasteiger partial charge in [-0.15, -0.1) is 6.58 Å². The molecule has 0 spiro atoms. The summed E-state index contributed by atoms with van der Waals surface area (Å²) in [6.45, 7) is 3.99. The molecule has 20 heavy (non-hydrogen) atoms. The summed E-state index contributed by atoms with van der Waals surface area (Å²) in [6.07, 6.45) is 3.26. The van der Waals surface area contributed by atoms with Crippen LogP contribution < -0.4 is 0 Å². The van der Waals surface area contributed by atoms with Crippen LogP contribution in [0.3, 0.4) is 0 Å². The molecule has 1 amide bonds. The van der Waals surface area contributed by atoms with E-state index in [2.05, 4.69) is 38.4 Å². The summed E-state index contributed by atoms with van der Waals surface area (Å²) >= 11 is 13.0. The van der Waals surface area contributed by atoms with Gasteiger partial charge in [-0.3, -0.25) is 9.69 Å². The highest BCUT2D eigenvalue weighted by Gasteiger charge is 2.31. The number of carbonyl (C=O) groups is 1. The summed E-state index contributed by atoms with van der Waals surface area (Å²) in [6, 6.07) is 3.47. The third-order valence-electron chi connectivity index (χ3n) is 2.53. The third-order valence-corrected chi connectivity index (χ3v) is 4.97. The van der Waals surface area contributed by atoms with E-state index in [0.717, 1.165) is 4.47 Å². The van der Waals surface area contributed by atoms with Crippen molar-refractivity contribution in [2.75, 3.05) is 6.54 Å². The maximum Gasteiger partial charge on any atom is 0.266 e. The second-order valence-electron chi connectivity index (χ2n) is 3.91. The Morgan fingerprint density at radius 2 is 2.15 bits per heavy atom. The van der Waals surface area contributed by atoms with E-state index in [1.807, 2.05) is 0 Å². The monoisotopic (exact) mass is 433 g/mol. The Balaban J connectivity index is 2.40. The van der Waals surface area contributed by atoms with Gasteiger partial charge in [-0.05, 0) is 34.1 Å². The van der Waals surface area contributed by atoms with Crippen LogP contribution in [-0.2, 0) is 4.79 Å². The van der Waals surface area contributed by atoms with Gasteiger partial charge < -0.3 is 5.11 Å². The minimum absolute atomic E-state index is 0.0854. The van der Waals surface area contributed by atoms with Crippen LogP contribution in [0.5, 0.6) is 5.75 Å². The second kappa shape index (κ2) is 6.43. The van der Waals surface area contributed by atoms with E-state index >= 15 is 0 Å². The van der Waals surface area contributed by atoms with Crippen LogP contribution in [0.1, 0.15) is 5.56 Å². The number of hydrogen-bond donors (Lipinski definition) is 1. The van der Waals surface area contributed by atoms with Gasteiger partial charge >= 0.3 is 0 Å². The first-order chi connectivity index (χ1) is 9.43. The van der Waals surface area contributed by atoms with Gasteiger partial charge in [0, 0.05) is 16.6 Å². The van der Waals surface area contributed by atoms with Gasteiger partial charge in [0.1, 0.15) is 10.1 Å². The van der Waals surface area contributed by atoms with Crippen LogP contribution in [0.25, 0.3) is 6.08 Å². The number of rotatable bonds is 3. The Morgan fingerprint density at radius 3 is 2.80 bits per heavy atom. The quantitative estimate of drug-likeness (QED) is 0.437. The molecule has 1 saturated heterocycles. The number of aromatic hydroxyl groups is 1. The maximum absolute atomic E-state index is 12.2. The summed E-state index contributed by atoms with van der Waals surface area (Å²) in [5.41, 5.74) is 0.547. The summed E-state index contributed by atoms with van der Waals surface area (Å²) in [5, 5.41) is 10.0. The fraction of sp³-hybridized carbons (Fsp3) is 0.0769. The van der Waals surface area contributed by atoms with Crippen molar-refractivity contribution in [1.82, 2.24) is 4.90 Å². The number of benzene rings is 1. The van der Waals surface area contributed by atoms with Crippen molar-refractivity contribution in [3.05, 3.63) is 44.2 Å². The largest absolute Gasteiger partial charge is 0.506 e. The molecule has 1 fully saturated rings. The molecular formula is C13H9Br2NO2S2. The number of amides is 1. The zero-order chi connectivity index (χ0) is 14.9. The number of nitrogens with zero attached hydrogens (tertiary/aromatic N) is 1. The van der Waals surface area contributed by atoms with E-state index in [1.54, 1.807) is 24.3 Å². The molecule has 1 aromatic carbocycles. The Labute approximate surface area is 143 Å². The molecule has 0 radical (unpaired) electrons. The highest BCUT2D eigenvalue weighted by atomic mass is 79.9. The van der Waals surface area contributed by atoms with Crippen molar-refractivity contribution in [2.45, 2.75) is 0 Å². The maximum atomic E-state index is 12.2. The van der Waals surface area contributed by atoms with E-state index in [0.29, 0.717) is 25.8 Å². The first kappa shape index (κ1) is 15.8. The molecule has 3 nitrogen and oxygen atoms in total. The Hall–Kier alpha value is -0.630. The van der Waals surface area contributed by atoms with Crippen molar-refractivity contribution in [3.63, 3.8) is 0 Å². The zero-order valence-electron chi connectivity index (χ0n) is 10.1. The van der Waals surface area contributed by atoms with Crippen molar-refractivity contribution >= 4 is 72.1 Å². The number of carbonyl (C=O) groups excluding carboxylic acids is 1. The van der Waals surface area contributed by atoms with Crippen LogP contribution in [0, 0.1) is 0 Å². The summed E-state index contributed by atoms with van der Waals surface area (Å²) < 4.78 is 1.85. The van der Waals surface area contributed by atoms with Crippen LogP contribution in [0.15, 0.2) is 38.6 Å². The average Bonchev–Trinajstić information content (AvgIpc) is 2.63. The Morgan fingerprint density at radius 1 is 1.45 bits per heavy atom. The summed E-state index contributed by atoms with van der Waals surface area (Å²) in [4.78, 5) is 14.1. The molecular weight excluding hydrogens is 426 g/mol. The van der Waals surface area contributed by atoms with Crippen molar-refractivity contribution in [2.24, 2.45) is 0 Å². The number of hydrogen-bond acceptors (Lipinski definition) is 4. The minimum atomic E-state index is -0.171. The zero-order valence-corrected chi connectivity index (χ0v) is 14.9. The molecule has 1 aliphatic rings. The number of thioether (sulfide) groups is 1. The lowest BCUT2D eigenvalue weighted by Crippen LogP contribution is -2.27. The lowest BCUT2D eigenvalue weighted by atomic mass is 10.2. The predicted octanol–water partition coefficient (Wildman–Crippen LogP) is 4.30. The van der Waals surface area contributed by atoms with E-state index in [-0.39, 0.29) is 11.7 Å². The van der Waals surface area contributed by atoms with Gasteiger partial charge in [-0.25, -0.2) is 0 Å². The molecule has 0 bridgehead atoms. The molecule has 1 aliphatic heterocycles. The average molecular weight is 435 g/mol. The predicted molar refractivity (Wildman–Crippen MR) is 93.6 cm³/mol. The van der Waals surface area contributed by atoms with Crippen LogP contribution in [0.4, 0.5) is 0 Å². The van der Waals surface area contributed by atoms with E-state index in [1.165, 1.54) is 16.7 Å². The van der Waals surface area contributed by atoms with Gasteiger partial charge in [0.05, 0.1) is 9.38 Å². The number of phenolic OH excluding ortho intramolecular Hbond substituents is 1. The van der Waals surface area contributed by atoms with Gasteiger partial charge in [0.15, 0.2) is 0 Å². The molecule has 0 aliphatic carbocycles. The summed E-state index contributed by atoms with van der Waals surface area (Å²) in [7, 11) is 0. The highest BCUT2D eigenvalue weighted by molar-refractivity contribution is 9.11. The topological polar surface area (TPSA) is 40.5 Å². The van der Waals surface area contributed by atoms with Crippen molar-refractivity contribution < 1.29 is 9.90 Å². The summed E-state index contributed by atoms with van der Waals surface area (Å²) in [5.74, 6) is -0.0856. The molecule has 1 heterocycles. The first-order valence-electron chi connectivity index (χ1n) is 5.48. The molecule has 0 unspecified atom stereocenters. The highest BCUT2D eigenvalue weighted by Crippen LogP contribution is 2.37. The van der Waals surface area contributed by atoms with Gasteiger partial charge in [-0.1, -0.05) is 46.0 Å². The number of thiocarbonyl (C=S) groups is 1. The lowest BCUT2D eigenvalue weighted by Gasteiger charge is -2.10. The fourth-order valence-corrected chi connectivity index (χ4v) is 4.15.